The lowest BCUT2D eigenvalue weighted by atomic mass is 10.2. The van der Waals surface area contributed by atoms with Gasteiger partial charge in [0.1, 0.15) is 5.25 Å². The molecule has 0 radical (unpaired) electrons. The fourth-order valence-corrected chi connectivity index (χ4v) is 2.91. The zero-order chi connectivity index (χ0) is 11.4. The van der Waals surface area contributed by atoms with E-state index in [9.17, 15) is 4.79 Å². The van der Waals surface area contributed by atoms with Crippen LogP contribution in [0.15, 0.2) is 35.2 Å². The molecular formula is C13H17NOS. The molecule has 0 bridgehead atoms. The minimum absolute atomic E-state index is 0.152. The van der Waals surface area contributed by atoms with Crippen molar-refractivity contribution in [1.82, 2.24) is 4.90 Å². The van der Waals surface area contributed by atoms with Crippen LogP contribution in [-0.2, 0) is 4.79 Å². The maximum absolute atomic E-state index is 11.8. The van der Waals surface area contributed by atoms with Gasteiger partial charge in [0.05, 0.1) is 0 Å². The van der Waals surface area contributed by atoms with Crippen LogP contribution in [0.25, 0.3) is 0 Å². The molecule has 0 aliphatic carbocycles. The highest BCUT2D eigenvalue weighted by Crippen LogP contribution is 2.30. The number of likely N-dealkylation sites (tertiary alicyclic amines) is 1. The lowest BCUT2D eigenvalue weighted by Crippen LogP contribution is -2.54. The van der Waals surface area contributed by atoms with E-state index >= 15 is 0 Å². The van der Waals surface area contributed by atoms with Gasteiger partial charge >= 0.3 is 0 Å². The average Bonchev–Trinajstić information content (AvgIpc) is 2.33. The smallest absolute Gasteiger partial charge is 0.237 e. The van der Waals surface area contributed by atoms with Gasteiger partial charge in [0.25, 0.3) is 0 Å². The highest BCUT2D eigenvalue weighted by Gasteiger charge is 2.36. The molecule has 2 rings (SSSR count). The van der Waals surface area contributed by atoms with Gasteiger partial charge in [-0.1, -0.05) is 31.5 Å². The van der Waals surface area contributed by atoms with Gasteiger partial charge in [0, 0.05) is 18.0 Å². The number of hydrogen-bond donors (Lipinski definition) is 0. The summed E-state index contributed by atoms with van der Waals surface area (Å²) in [5.74, 6) is 0.308. The summed E-state index contributed by atoms with van der Waals surface area (Å²) in [6.45, 7) is 4.00. The summed E-state index contributed by atoms with van der Waals surface area (Å²) in [4.78, 5) is 14.9. The monoisotopic (exact) mass is 235 g/mol. The van der Waals surface area contributed by atoms with E-state index in [1.807, 2.05) is 23.1 Å². The largest absolute Gasteiger partial charge is 0.340 e. The first-order chi connectivity index (χ1) is 7.81. The maximum atomic E-state index is 11.8. The predicted molar refractivity (Wildman–Crippen MR) is 67.6 cm³/mol. The molecule has 1 aliphatic rings. The second-order valence-electron chi connectivity index (χ2n) is 4.06. The number of unbranched alkanes of at least 4 members (excludes halogenated alkanes) is 1. The highest BCUT2D eigenvalue weighted by atomic mass is 32.2. The van der Waals surface area contributed by atoms with Gasteiger partial charge in [-0.25, -0.2) is 0 Å². The van der Waals surface area contributed by atoms with Gasteiger partial charge in [-0.3, -0.25) is 4.79 Å². The van der Waals surface area contributed by atoms with Gasteiger partial charge in [-0.05, 0) is 18.6 Å². The number of nitrogens with zero attached hydrogens (tertiary/aromatic N) is 1. The second kappa shape index (κ2) is 5.39. The molecule has 2 nitrogen and oxygen atoms in total. The highest BCUT2D eigenvalue weighted by molar-refractivity contribution is 8.00. The fourth-order valence-electron chi connectivity index (χ4n) is 1.76. The van der Waals surface area contributed by atoms with Gasteiger partial charge in [0.15, 0.2) is 0 Å². The molecule has 1 amide bonds. The van der Waals surface area contributed by atoms with Crippen LogP contribution < -0.4 is 0 Å². The Morgan fingerprint density at radius 2 is 2.12 bits per heavy atom. The number of carbonyl (C=O) groups excluding carboxylic acids is 1. The van der Waals surface area contributed by atoms with Crippen LogP contribution in [0.4, 0.5) is 0 Å². The maximum Gasteiger partial charge on any atom is 0.237 e. The number of β-lactam (4-membered cyclic amide) rings is 1. The summed E-state index contributed by atoms with van der Waals surface area (Å²) in [6.07, 6.45) is 2.27. The van der Waals surface area contributed by atoms with Crippen LogP contribution in [-0.4, -0.2) is 29.1 Å². The Bertz CT molecular complexity index is 352. The van der Waals surface area contributed by atoms with E-state index in [0.29, 0.717) is 5.91 Å². The Morgan fingerprint density at radius 1 is 1.38 bits per heavy atom. The van der Waals surface area contributed by atoms with Crippen molar-refractivity contribution in [2.24, 2.45) is 0 Å². The number of hydrogen-bond acceptors (Lipinski definition) is 2. The third kappa shape index (κ3) is 2.59. The van der Waals surface area contributed by atoms with Crippen molar-refractivity contribution in [3.05, 3.63) is 30.3 Å². The van der Waals surface area contributed by atoms with Crippen molar-refractivity contribution in [2.75, 3.05) is 13.1 Å². The molecule has 86 valence electrons. The molecule has 1 heterocycles. The molecule has 1 unspecified atom stereocenters. The molecule has 0 spiro atoms. The molecule has 1 saturated heterocycles. The van der Waals surface area contributed by atoms with E-state index < -0.39 is 0 Å². The van der Waals surface area contributed by atoms with Crippen molar-refractivity contribution < 1.29 is 4.79 Å². The lowest BCUT2D eigenvalue weighted by molar-refractivity contribution is -0.138. The molecule has 0 N–H and O–H groups in total. The van der Waals surface area contributed by atoms with Crippen LogP contribution >= 0.6 is 11.8 Å². The molecule has 1 fully saturated rings. The van der Waals surface area contributed by atoms with Crippen LogP contribution in [0, 0.1) is 0 Å². The zero-order valence-electron chi connectivity index (χ0n) is 9.56. The van der Waals surface area contributed by atoms with Crippen LogP contribution in [0.2, 0.25) is 0 Å². The number of thioether (sulfide) groups is 1. The molecule has 0 aromatic heterocycles. The first-order valence-electron chi connectivity index (χ1n) is 5.81. The number of benzene rings is 1. The minimum atomic E-state index is 0.152. The second-order valence-corrected chi connectivity index (χ2v) is 5.33. The van der Waals surface area contributed by atoms with Crippen molar-refractivity contribution in [2.45, 2.75) is 29.9 Å². The standard InChI is InChI=1S/C13H17NOS/c1-2-3-9-14-10-12(13(14)15)16-11-7-5-4-6-8-11/h4-8,12H,2-3,9-10H2,1H3. The summed E-state index contributed by atoms with van der Waals surface area (Å²) in [5.41, 5.74) is 0. The number of carbonyl (C=O) groups is 1. The van der Waals surface area contributed by atoms with E-state index in [2.05, 4.69) is 19.1 Å². The molecule has 1 aromatic carbocycles. The summed E-state index contributed by atoms with van der Waals surface area (Å²) >= 11 is 1.68. The Kier molecular flexibility index (Phi) is 3.88. The SMILES string of the molecule is CCCCN1CC(Sc2ccccc2)C1=O. The molecule has 1 aromatic rings. The summed E-state index contributed by atoms with van der Waals surface area (Å²) < 4.78 is 0. The molecule has 3 heteroatoms. The number of rotatable bonds is 5. The molecule has 1 aliphatic heterocycles. The van der Waals surface area contributed by atoms with E-state index in [1.165, 1.54) is 4.90 Å². The Hall–Kier alpha value is -0.960. The van der Waals surface area contributed by atoms with Crippen molar-refractivity contribution >= 4 is 17.7 Å². The zero-order valence-corrected chi connectivity index (χ0v) is 10.4. The Morgan fingerprint density at radius 3 is 2.75 bits per heavy atom. The van der Waals surface area contributed by atoms with Crippen molar-refractivity contribution in [1.29, 1.82) is 0 Å². The minimum Gasteiger partial charge on any atom is -0.340 e. The lowest BCUT2D eigenvalue weighted by Gasteiger charge is -2.38. The third-order valence-electron chi connectivity index (χ3n) is 2.78. The van der Waals surface area contributed by atoms with Crippen LogP contribution in [0.3, 0.4) is 0 Å². The van der Waals surface area contributed by atoms with Gasteiger partial charge in [-0.2, -0.15) is 0 Å². The Balaban J connectivity index is 1.80. The van der Waals surface area contributed by atoms with E-state index in [1.54, 1.807) is 11.8 Å². The summed E-state index contributed by atoms with van der Waals surface area (Å²) in [6, 6.07) is 10.2. The normalized spacial score (nSPS) is 19.7. The average molecular weight is 235 g/mol. The van der Waals surface area contributed by atoms with E-state index in [-0.39, 0.29) is 5.25 Å². The molecular weight excluding hydrogens is 218 g/mol. The van der Waals surface area contributed by atoms with E-state index in [0.717, 1.165) is 25.9 Å². The molecule has 1 atom stereocenters. The fraction of sp³-hybridized carbons (Fsp3) is 0.462. The van der Waals surface area contributed by atoms with Gasteiger partial charge in [-0.15, -0.1) is 11.8 Å². The van der Waals surface area contributed by atoms with Gasteiger partial charge in [0.2, 0.25) is 5.91 Å². The number of amides is 1. The first kappa shape index (κ1) is 11.5. The quantitative estimate of drug-likeness (QED) is 0.731. The Labute approximate surface area is 101 Å². The van der Waals surface area contributed by atoms with E-state index in [4.69, 9.17) is 0 Å². The van der Waals surface area contributed by atoms with Crippen molar-refractivity contribution in [3.8, 4) is 0 Å². The van der Waals surface area contributed by atoms with Crippen LogP contribution in [0.5, 0.6) is 0 Å². The third-order valence-corrected chi connectivity index (χ3v) is 3.96. The molecule has 16 heavy (non-hydrogen) atoms. The first-order valence-corrected chi connectivity index (χ1v) is 6.69. The summed E-state index contributed by atoms with van der Waals surface area (Å²) in [7, 11) is 0. The summed E-state index contributed by atoms with van der Waals surface area (Å²) in [5, 5.41) is 0.152. The van der Waals surface area contributed by atoms with Gasteiger partial charge < -0.3 is 4.90 Å². The topological polar surface area (TPSA) is 20.3 Å². The van der Waals surface area contributed by atoms with Crippen LogP contribution in [0.1, 0.15) is 19.8 Å². The predicted octanol–water partition coefficient (Wildman–Crippen LogP) is 2.79. The molecule has 0 saturated carbocycles. The van der Waals surface area contributed by atoms with Crippen molar-refractivity contribution in [3.63, 3.8) is 0 Å².